The van der Waals surface area contributed by atoms with Crippen molar-refractivity contribution in [3.63, 3.8) is 0 Å². The Kier molecular flexibility index (Phi) is 3.53. The van der Waals surface area contributed by atoms with E-state index in [-0.39, 0.29) is 17.0 Å². The largest absolute Gasteiger partial charge is 0.609 e. The summed E-state index contributed by atoms with van der Waals surface area (Å²) in [7, 11) is 0. The van der Waals surface area contributed by atoms with Crippen LogP contribution in [-0.4, -0.2) is 24.1 Å². The van der Waals surface area contributed by atoms with Crippen LogP contribution in [0.15, 0.2) is 35.5 Å². The molecule has 0 saturated heterocycles. The smallest absolute Gasteiger partial charge is 0.362 e. The normalized spacial score (nSPS) is 23.1. The summed E-state index contributed by atoms with van der Waals surface area (Å²) < 4.78 is 27.7. The molecule has 1 aromatic heterocycles. The minimum atomic E-state index is -1.35. The Morgan fingerprint density at radius 1 is 1.29 bits per heavy atom. The van der Waals surface area contributed by atoms with Crippen molar-refractivity contribution in [3.8, 4) is 0 Å². The van der Waals surface area contributed by atoms with Gasteiger partial charge in [-0.2, -0.15) is 4.98 Å². The van der Waals surface area contributed by atoms with Crippen LogP contribution >= 0.6 is 0 Å². The lowest BCUT2D eigenvalue weighted by Gasteiger charge is -2.20. The fraction of sp³-hybridized carbons (Fsp3) is 0.467. The lowest BCUT2D eigenvalue weighted by atomic mass is 10.0. The second-order valence-corrected chi connectivity index (χ2v) is 8.34. The number of aromatic nitrogens is 3. The van der Waals surface area contributed by atoms with Crippen LogP contribution in [0.2, 0.25) is 0 Å². The molecule has 1 aromatic carbocycles. The summed E-state index contributed by atoms with van der Waals surface area (Å²) >= 11 is -1.35. The van der Waals surface area contributed by atoms with Crippen LogP contribution < -0.4 is 0 Å². The van der Waals surface area contributed by atoms with E-state index in [9.17, 15) is 8.94 Å². The molecule has 21 heavy (non-hydrogen) atoms. The Bertz CT molecular complexity index is 638. The molecule has 0 radical (unpaired) electrons. The molecule has 3 atom stereocenters. The third-order valence-electron chi connectivity index (χ3n) is 3.55. The Morgan fingerprint density at radius 2 is 1.95 bits per heavy atom. The van der Waals surface area contributed by atoms with Gasteiger partial charge in [0.05, 0.1) is 6.04 Å². The summed E-state index contributed by atoms with van der Waals surface area (Å²) in [4.78, 5) is 4.19. The quantitative estimate of drug-likeness (QED) is 0.801. The molecule has 0 spiro atoms. The Hall–Kier alpha value is -1.40. The fourth-order valence-corrected chi connectivity index (χ4v) is 3.35. The van der Waals surface area contributed by atoms with Gasteiger partial charge in [0.1, 0.15) is 4.75 Å². The molecule has 0 unspecified atom stereocenters. The molecule has 2 heterocycles. The predicted octanol–water partition coefficient (Wildman–Crippen LogP) is 3.19. The number of nitrogens with zero attached hydrogens (tertiary/aromatic N) is 3. The number of alkyl halides is 1. The molecule has 2 aromatic rings. The number of rotatable bonds is 2. The summed E-state index contributed by atoms with van der Waals surface area (Å²) in [5.74, 6) is 0.288. The number of halogens is 1. The Balaban J connectivity index is 1.99. The zero-order valence-corrected chi connectivity index (χ0v) is 13.1. The maximum atomic E-state index is 14.2. The number of benzene rings is 1. The average molecular weight is 307 g/mol. The Morgan fingerprint density at radius 3 is 2.57 bits per heavy atom. The number of hydrogen-bond acceptors (Lipinski definition) is 3. The first-order valence-corrected chi connectivity index (χ1v) is 8.10. The molecule has 0 aliphatic carbocycles. The van der Waals surface area contributed by atoms with Gasteiger partial charge in [0.15, 0.2) is 12.0 Å². The fourth-order valence-electron chi connectivity index (χ4n) is 2.46. The molecule has 1 aliphatic heterocycles. The maximum Gasteiger partial charge on any atom is 0.362 e. The van der Waals surface area contributed by atoms with Crippen molar-refractivity contribution in [1.82, 2.24) is 14.8 Å². The van der Waals surface area contributed by atoms with E-state index < -0.39 is 22.1 Å². The molecule has 1 aliphatic rings. The molecular formula is C15H18FN3OS. The van der Waals surface area contributed by atoms with Gasteiger partial charge < -0.3 is 4.55 Å². The van der Waals surface area contributed by atoms with Crippen LogP contribution in [-0.2, 0) is 11.2 Å². The van der Waals surface area contributed by atoms with Gasteiger partial charge in [0.2, 0.25) is 0 Å². The van der Waals surface area contributed by atoms with Crippen molar-refractivity contribution in [2.45, 2.75) is 49.3 Å². The third kappa shape index (κ3) is 2.58. The average Bonchev–Trinajstić information content (AvgIpc) is 2.99. The molecule has 6 heteroatoms. The highest BCUT2D eigenvalue weighted by Crippen LogP contribution is 2.40. The van der Waals surface area contributed by atoms with E-state index >= 15 is 0 Å². The van der Waals surface area contributed by atoms with Crippen molar-refractivity contribution in [1.29, 1.82) is 0 Å². The summed E-state index contributed by atoms with van der Waals surface area (Å²) in [6.07, 6.45) is -0.824. The second-order valence-electron chi connectivity index (χ2n) is 6.21. The maximum absolute atomic E-state index is 14.2. The molecule has 0 N–H and O–H groups in total. The van der Waals surface area contributed by atoms with Gasteiger partial charge in [-0.05, 0) is 26.3 Å². The van der Waals surface area contributed by atoms with E-state index in [2.05, 4.69) is 10.1 Å². The minimum absolute atomic E-state index is 0.172. The Labute approximate surface area is 126 Å². The molecule has 0 amide bonds. The van der Waals surface area contributed by atoms with E-state index in [0.29, 0.717) is 6.42 Å². The van der Waals surface area contributed by atoms with Crippen LogP contribution in [0.5, 0.6) is 0 Å². The SMILES string of the molecule is CC(C)(C)[S@@+]([O-])c1nc2n(n1)[C@H](c1ccccc1)C[C@@H]2F. The van der Waals surface area contributed by atoms with Gasteiger partial charge in [-0.25, -0.2) is 9.07 Å². The van der Waals surface area contributed by atoms with Crippen molar-refractivity contribution >= 4 is 11.2 Å². The van der Waals surface area contributed by atoms with Gasteiger partial charge in [-0.15, -0.1) is 5.10 Å². The van der Waals surface area contributed by atoms with Crippen LogP contribution in [0.4, 0.5) is 4.39 Å². The van der Waals surface area contributed by atoms with Gasteiger partial charge in [0.25, 0.3) is 0 Å². The first kappa shape index (κ1) is 14.5. The molecule has 3 rings (SSSR count). The highest BCUT2D eigenvalue weighted by atomic mass is 32.2. The van der Waals surface area contributed by atoms with Crippen molar-refractivity contribution < 1.29 is 8.94 Å². The van der Waals surface area contributed by atoms with E-state index in [1.807, 2.05) is 51.1 Å². The van der Waals surface area contributed by atoms with Crippen LogP contribution in [0, 0.1) is 0 Å². The van der Waals surface area contributed by atoms with E-state index in [1.165, 1.54) is 0 Å². The summed E-state index contributed by atoms with van der Waals surface area (Å²) in [6.45, 7) is 5.57. The monoisotopic (exact) mass is 307 g/mol. The topological polar surface area (TPSA) is 53.8 Å². The third-order valence-corrected chi connectivity index (χ3v) is 5.17. The predicted molar refractivity (Wildman–Crippen MR) is 79.2 cm³/mol. The second kappa shape index (κ2) is 5.10. The van der Waals surface area contributed by atoms with Gasteiger partial charge >= 0.3 is 5.16 Å². The van der Waals surface area contributed by atoms with E-state index in [0.717, 1.165) is 5.56 Å². The molecule has 112 valence electrons. The zero-order valence-electron chi connectivity index (χ0n) is 12.3. The number of hydrogen-bond donors (Lipinski definition) is 0. The van der Waals surface area contributed by atoms with Gasteiger partial charge in [-0.3, -0.25) is 0 Å². The highest BCUT2D eigenvalue weighted by Gasteiger charge is 2.40. The van der Waals surface area contributed by atoms with E-state index in [1.54, 1.807) is 4.68 Å². The van der Waals surface area contributed by atoms with Crippen molar-refractivity contribution in [2.75, 3.05) is 0 Å². The first-order chi connectivity index (χ1) is 9.88. The standard InChI is InChI=1S/C15H18FN3OS/c1-15(2,3)21(20)14-17-13-11(16)9-12(19(13)18-14)10-7-5-4-6-8-10/h4-8,11-12H,9H2,1-3H3/t11-,12-,21-/m0/s1. The van der Waals surface area contributed by atoms with Gasteiger partial charge in [-0.1, -0.05) is 30.3 Å². The minimum Gasteiger partial charge on any atom is -0.609 e. The van der Waals surface area contributed by atoms with Crippen molar-refractivity contribution in [3.05, 3.63) is 41.7 Å². The molecule has 0 bridgehead atoms. The molecule has 0 saturated carbocycles. The zero-order chi connectivity index (χ0) is 15.2. The molecule has 4 nitrogen and oxygen atoms in total. The molecule has 0 fully saturated rings. The van der Waals surface area contributed by atoms with Gasteiger partial charge in [0, 0.05) is 17.6 Å². The summed E-state index contributed by atoms with van der Waals surface area (Å²) in [5.41, 5.74) is 0.997. The molecular weight excluding hydrogens is 289 g/mol. The van der Waals surface area contributed by atoms with Crippen molar-refractivity contribution in [2.24, 2.45) is 0 Å². The lowest BCUT2D eigenvalue weighted by molar-refractivity contribution is 0.326. The van der Waals surface area contributed by atoms with Crippen LogP contribution in [0.25, 0.3) is 0 Å². The number of fused-ring (bicyclic) bond motifs is 1. The highest BCUT2D eigenvalue weighted by molar-refractivity contribution is 7.92. The van der Waals surface area contributed by atoms with E-state index in [4.69, 9.17) is 0 Å². The first-order valence-electron chi connectivity index (χ1n) is 6.95. The lowest BCUT2D eigenvalue weighted by Crippen LogP contribution is -2.29. The van der Waals surface area contributed by atoms with Crippen LogP contribution in [0.1, 0.15) is 50.8 Å². The summed E-state index contributed by atoms with van der Waals surface area (Å²) in [5, 5.41) is 4.55. The van der Waals surface area contributed by atoms with Crippen LogP contribution in [0.3, 0.4) is 0 Å². The summed E-state index contributed by atoms with van der Waals surface area (Å²) in [6, 6.07) is 9.50.